The maximum absolute atomic E-state index is 13.1. The van der Waals surface area contributed by atoms with E-state index < -0.39 is 0 Å². The molecule has 6 heteroatoms. The fourth-order valence-corrected chi connectivity index (χ4v) is 5.63. The highest BCUT2D eigenvalue weighted by molar-refractivity contribution is 14.1. The van der Waals surface area contributed by atoms with E-state index in [1.807, 2.05) is 19.2 Å². The number of ketones is 2. The second-order valence-corrected chi connectivity index (χ2v) is 8.96. The van der Waals surface area contributed by atoms with Gasteiger partial charge >= 0.3 is 0 Å². The molecule has 2 aliphatic carbocycles. The van der Waals surface area contributed by atoms with Crippen LogP contribution in [0, 0.1) is 15.9 Å². The van der Waals surface area contributed by atoms with Gasteiger partial charge in [-0.2, -0.15) is 0 Å². The number of rotatable bonds is 4. The van der Waals surface area contributed by atoms with E-state index in [-0.39, 0.29) is 24.1 Å². The number of methoxy groups -OCH3 is 1. The van der Waals surface area contributed by atoms with Crippen LogP contribution in [0.2, 0.25) is 0 Å². The molecule has 0 radical (unpaired) electrons. The molecule has 0 fully saturated rings. The fraction of sp³-hybridized carbons (Fsp3) is 0.417. The number of allylic oxidation sites excluding steroid dienone is 4. The molecule has 3 aliphatic rings. The van der Waals surface area contributed by atoms with Gasteiger partial charge in [0.15, 0.2) is 23.1 Å². The quantitative estimate of drug-likeness (QED) is 0.439. The molecule has 30 heavy (non-hydrogen) atoms. The third-order valence-electron chi connectivity index (χ3n) is 6.13. The lowest BCUT2D eigenvalue weighted by molar-refractivity contribution is -0.117. The zero-order chi connectivity index (χ0) is 21.4. The summed E-state index contributed by atoms with van der Waals surface area (Å²) in [5.41, 5.74) is 4.56. The summed E-state index contributed by atoms with van der Waals surface area (Å²) in [7, 11) is 3.58. The van der Waals surface area contributed by atoms with Crippen LogP contribution in [0.15, 0.2) is 34.7 Å². The van der Waals surface area contributed by atoms with Crippen LogP contribution in [0.5, 0.6) is 11.5 Å². The number of ether oxygens (including phenoxy) is 2. The van der Waals surface area contributed by atoms with Crippen LogP contribution >= 0.6 is 22.6 Å². The lowest BCUT2D eigenvalue weighted by Gasteiger charge is -2.42. The smallest absolute Gasteiger partial charge is 0.175 e. The molecule has 0 spiro atoms. The van der Waals surface area contributed by atoms with Crippen LogP contribution < -0.4 is 9.47 Å². The summed E-state index contributed by atoms with van der Waals surface area (Å²) in [5, 5.41) is 0. The van der Waals surface area contributed by atoms with Crippen molar-refractivity contribution in [2.45, 2.75) is 44.4 Å². The Hall–Kier alpha value is -2.27. The first kappa shape index (κ1) is 21.0. The van der Waals surface area contributed by atoms with Gasteiger partial charge in [-0.15, -0.1) is 6.42 Å². The largest absolute Gasteiger partial charge is 0.493 e. The van der Waals surface area contributed by atoms with Crippen molar-refractivity contribution in [2.75, 3.05) is 20.8 Å². The zero-order valence-electron chi connectivity index (χ0n) is 17.2. The average Bonchev–Trinajstić information content (AvgIpc) is 2.74. The Kier molecular flexibility index (Phi) is 5.92. The highest BCUT2D eigenvalue weighted by Crippen LogP contribution is 2.50. The SMILES string of the molecule is C#CCOc1c(I)cc(C2C3=C(CCCC3=O)N(C)C3=C2C(=O)CCC3)cc1OC. The molecule has 1 aromatic rings. The first-order chi connectivity index (χ1) is 14.5. The number of carbonyl (C=O) groups excluding carboxylic acids is 2. The Labute approximate surface area is 190 Å². The number of terminal acetylenes is 1. The monoisotopic (exact) mass is 517 g/mol. The van der Waals surface area contributed by atoms with Crippen molar-refractivity contribution in [3.8, 4) is 23.8 Å². The van der Waals surface area contributed by atoms with E-state index in [0.717, 1.165) is 57.4 Å². The molecule has 4 rings (SSSR count). The molecule has 0 aromatic heterocycles. The molecule has 156 valence electrons. The minimum atomic E-state index is -0.351. The Morgan fingerprint density at radius 1 is 1.10 bits per heavy atom. The minimum Gasteiger partial charge on any atom is -0.493 e. The van der Waals surface area contributed by atoms with E-state index in [9.17, 15) is 9.59 Å². The van der Waals surface area contributed by atoms with Crippen LogP contribution in [0.4, 0.5) is 0 Å². The second-order valence-electron chi connectivity index (χ2n) is 7.79. The summed E-state index contributed by atoms with van der Waals surface area (Å²) in [6, 6.07) is 3.88. The molecule has 0 amide bonds. The van der Waals surface area contributed by atoms with Gasteiger partial charge in [-0.05, 0) is 66.0 Å². The molecular weight excluding hydrogens is 493 g/mol. The Morgan fingerprint density at radius 3 is 2.23 bits per heavy atom. The van der Waals surface area contributed by atoms with Crippen LogP contribution in [-0.2, 0) is 9.59 Å². The summed E-state index contributed by atoms with van der Waals surface area (Å²) in [6.45, 7) is 0.140. The van der Waals surface area contributed by atoms with Crippen LogP contribution in [0.3, 0.4) is 0 Å². The normalized spacial score (nSPS) is 19.5. The van der Waals surface area contributed by atoms with Crippen molar-refractivity contribution in [1.29, 1.82) is 0 Å². The van der Waals surface area contributed by atoms with Gasteiger partial charge in [0.2, 0.25) is 0 Å². The van der Waals surface area contributed by atoms with Gasteiger partial charge in [0.25, 0.3) is 0 Å². The highest BCUT2D eigenvalue weighted by Gasteiger charge is 2.42. The Balaban J connectivity index is 1.92. The summed E-state index contributed by atoms with van der Waals surface area (Å²) < 4.78 is 12.1. The van der Waals surface area contributed by atoms with Crippen molar-refractivity contribution in [1.82, 2.24) is 4.90 Å². The number of hydrogen-bond donors (Lipinski definition) is 0. The van der Waals surface area contributed by atoms with Crippen LogP contribution in [0.25, 0.3) is 0 Å². The molecule has 1 heterocycles. The molecule has 5 nitrogen and oxygen atoms in total. The molecule has 0 bridgehead atoms. The van der Waals surface area contributed by atoms with E-state index in [4.69, 9.17) is 15.9 Å². The van der Waals surface area contributed by atoms with Crippen molar-refractivity contribution in [3.05, 3.63) is 43.8 Å². The van der Waals surface area contributed by atoms with E-state index >= 15 is 0 Å². The first-order valence-corrected chi connectivity index (χ1v) is 11.3. The fourth-order valence-electron chi connectivity index (χ4n) is 4.85. The molecule has 0 saturated carbocycles. The van der Waals surface area contributed by atoms with Gasteiger partial charge in [-0.1, -0.05) is 5.92 Å². The predicted octanol–water partition coefficient (Wildman–Crippen LogP) is 4.36. The Bertz CT molecular complexity index is 986. The van der Waals surface area contributed by atoms with Gasteiger partial charge in [0.05, 0.1) is 10.7 Å². The maximum atomic E-state index is 13.1. The minimum absolute atomic E-state index is 0.139. The number of benzene rings is 1. The van der Waals surface area contributed by atoms with Gasteiger partial charge < -0.3 is 14.4 Å². The van der Waals surface area contributed by atoms with Crippen molar-refractivity contribution in [3.63, 3.8) is 0 Å². The average molecular weight is 517 g/mol. The van der Waals surface area contributed by atoms with Gasteiger partial charge in [0.1, 0.15) is 6.61 Å². The molecule has 0 N–H and O–H groups in total. The second kappa shape index (κ2) is 8.46. The lowest BCUT2D eigenvalue weighted by atomic mass is 9.71. The van der Waals surface area contributed by atoms with Gasteiger partial charge in [-0.25, -0.2) is 0 Å². The van der Waals surface area contributed by atoms with Gasteiger partial charge in [0, 0.05) is 48.3 Å². The van der Waals surface area contributed by atoms with Crippen molar-refractivity contribution >= 4 is 34.2 Å². The zero-order valence-corrected chi connectivity index (χ0v) is 19.4. The van der Waals surface area contributed by atoms with E-state index in [2.05, 4.69) is 33.4 Å². The molecule has 1 aliphatic heterocycles. The standard InChI is InChI=1S/C24H24INO4/c1-4-11-30-24-15(25)12-14(13-20(24)29-3)21-22-16(7-5-9-18(22)27)26(2)17-8-6-10-19(28)23(17)21/h1,12-13,21H,5-11H2,2-3H3. The number of halogens is 1. The Morgan fingerprint density at radius 2 is 1.70 bits per heavy atom. The van der Waals surface area contributed by atoms with Crippen LogP contribution in [0.1, 0.15) is 50.0 Å². The number of carbonyl (C=O) groups is 2. The number of Topliss-reactive ketones (excluding diaryl/α,β-unsaturated/α-hetero) is 2. The lowest BCUT2D eigenvalue weighted by Crippen LogP contribution is -2.37. The van der Waals surface area contributed by atoms with Gasteiger partial charge in [-0.3, -0.25) is 9.59 Å². The highest BCUT2D eigenvalue weighted by atomic mass is 127. The van der Waals surface area contributed by atoms with Crippen molar-refractivity contribution in [2.24, 2.45) is 0 Å². The molecule has 1 aromatic carbocycles. The predicted molar refractivity (Wildman–Crippen MR) is 122 cm³/mol. The molecule has 0 saturated heterocycles. The van der Waals surface area contributed by atoms with Crippen molar-refractivity contribution < 1.29 is 19.1 Å². The molecule has 0 unspecified atom stereocenters. The molecular formula is C24H24INO4. The summed E-state index contributed by atoms with van der Waals surface area (Å²) in [5.74, 6) is 3.54. The van der Waals surface area contributed by atoms with E-state index in [1.165, 1.54) is 0 Å². The molecule has 0 atom stereocenters. The van der Waals surface area contributed by atoms with E-state index in [1.54, 1.807) is 7.11 Å². The number of hydrogen-bond acceptors (Lipinski definition) is 5. The summed E-state index contributed by atoms with van der Waals surface area (Å²) in [6.07, 6.45) is 9.82. The summed E-state index contributed by atoms with van der Waals surface area (Å²) >= 11 is 2.19. The topological polar surface area (TPSA) is 55.8 Å². The number of nitrogens with zero attached hydrogens (tertiary/aromatic N) is 1. The summed E-state index contributed by atoms with van der Waals surface area (Å²) in [4.78, 5) is 28.3. The first-order valence-electron chi connectivity index (χ1n) is 10.2. The van der Waals surface area contributed by atoms with E-state index in [0.29, 0.717) is 24.3 Å². The maximum Gasteiger partial charge on any atom is 0.175 e. The van der Waals surface area contributed by atoms with Crippen LogP contribution in [-0.4, -0.2) is 37.2 Å². The third kappa shape index (κ3) is 3.43. The third-order valence-corrected chi connectivity index (χ3v) is 6.93.